The number of ether oxygens (including phenoxy) is 1. The van der Waals surface area contributed by atoms with Gasteiger partial charge in [0.1, 0.15) is 0 Å². The SMILES string of the molecule is CC1OCCC1SCCCCCN. The molecule has 2 nitrogen and oxygen atoms in total. The van der Waals surface area contributed by atoms with Gasteiger partial charge in [0.05, 0.1) is 6.10 Å². The van der Waals surface area contributed by atoms with Crippen LogP contribution in [0.1, 0.15) is 32.6 Å². The van der Waals surface area contributed by atoms with Crippen molar-refractivity contribution >= 4 is 11.8 Å². The van der Waals surface area contributed by atoms with Crippen LogP contribution >= 0.6 is 11.8 Å². The molecule has 1 fully saturated rings. The summed E-state index contributed by atoms with van der Waals surface area (Å²) in [4.78, 5) is 0. The summed E-state index contributed by atoms with van der Waals surface area (Å²) in [5, 5.41) is 0.748. The fourth-order valence-corrected chi connectivity index (χ4v) is 2.87. The molecule has 3 heteroatoms. The average Bonchev–Trinajstić information content (AvgIpc) is 2.52. The molecule has 0 saturated carbocycles. The lowest BCUT2D eigenvalue weighted by atomic mass is 10.2. The van der Waals surface area contributed by atoms with Gasteiger partial charge in [0, 0.05) is 11.9 Å². The molecule has 0 aromatic carbocycles. The molecule has 2 N–H and O–H groups in total. The van der Waals surface area contributed by atoms with Gasteiger partial charge in [-0.1, -0.05) is 6.42 Å². The monoisotopic (exact) mass is 203 g/mol. The summed E-state index contributed by atoms with van der Waals surface area (Å²) in [5.41, 5.74) is 5.43. The third kappa shape index (κ3) is 4.34. The maximum absolute atomic E-state index is 5.50. The van der Waals surface area contributed by atoms with E-state index in [1.807, 2.05) is 0 Å². The summed E-state index contributed by atoms with van der Waals surface area (Å²) in [6, 6.07) is 0. The first-order valence-corrected chi connectivity index (χ1v) is 6.32. The van der Waals surface area contributed by atoms with Crippen molar-refractivity contribution in [3.8, 4) is 0 Å². The van der Waals surface area contributed by atoms with Crippen LogP contribution in [0.5, 0.6) is 0 Å². The molecule has 13 heavy (non-hydrogen) atoms. The van der Waals surface area contributed by atoms with E-state index in [9.17, 15) is 0 Å². The van der Waals surface area contributed by atoms with Gasteiger partial charge in [0.2, 0.25) is 0 Å². The number of thioether (sulfide) groups is 1. The minimum atomic E-state index is 0.472. The molecule has 1 saturated heterocycles. The average molecular weight is 203 g/mol. The first-order valence-electron chi connectivity index (χ1n) is 5.28. The minimum absolute atomic E-state index is 0.472. The van der Waals surface area contributed by atoms with Crippen molar-refractivity contribution in [2.75, 3.05) is 18.9 Å². The third-order valence-corrected chi connectivity index (χ3v) is 4.06. The summed E-state index contributed by atoms with van der Waals surface area (Å²) >= 11 is 2.08. The largest absolute Gasteiger partial charge is 0.377 e. The minimum Gasteiger partial charge on any atom is -0.377 e. The lowest BCUT2D eigenvalue weighted by Crippen LogP contribution is -2.13. The predicted octanol–water partition coefficient (Wildman–Crippen LogP) is 2.03. The zero-order chi connectivity index (χ0) is 9.52. The Morgan fingerprint density at radius 2 is 2.23 bits per heavy atom. The molecular formula is C10H21NOS. The Bertz CT molecular complexity index is 132. The Hall–Kier alpha value is 0.270. The molecule has 2 atom stereocenters. The number of rotatable bonds is 6. The summed E-state index contributed by atoms with van der Waals surface area (Å²) in [5.74, 6) is 1.28. The van der Waals surface area contributed by atoms with E-state index in [4.69, 9.17) is 10.5 Å². The Balaban J connectivity index is 1.93. The van der Waals surface area contributed by atoms with Gasteiger partial charge in [-0.25, -0.2) is 0 Å². The highest BCUT2D eigenvalue weighted by Crippen LogP contribution is 2.26. The topological polar surface area (TPSA) is 35.2 Å². The Labute approximate surface area is 85.6 Å². The number of nitrogens with two attached hydrogens (primary N) is 1. The van der Waals surface area contributed by atoms with Gasteiger partial charge < -0.3 is 10.5 Å². The van der Waals surface area contributed by atoms with Crippen molar-refractivity contribution in [2.24, 2.45) is 5.73 Å². The summed E-state index contributed by atoms with van der Waals surface area (Å²) < 4.78 is 5.50. The maximum atomic E-state index is 5.50. The molecule has 0 aliphatic carbocycles. The molecule has 1 aliphatic heterocycles. The van der Waals surface area contributed by atoms with E-state index >= 15 is 0 Å². The van der Waals surface area contributed by atoms with Gasteiger partial charge in [0.25, 0.3) is 0 Å². The lowest BCUT2D eigenvalue weighted by molar-refractivity contribution is 0.127. The van der Waals surface area contributed by atoms with Crippen molar-refractivity contribution in [1.29, 1.82) is 0 Å². The fraction of sp³-hybridized carbons (Fsp3) is 1.00. The van der Waals surface area contributed by atoms with Crippen molar-refractivity contribution in [2.45, 2.75) is 44.0 Å². The van der Waals surface area contributed by atoms with Crippen LogP contribution in [-0.2, 0) is 4.74 Å². The summed E-state index contributed by atoms with van der Waals surface area (Å²) in [7, 11) is 0. The van der Waals surface area contributed by atoms with E-state index in [2.05, 4.69) is 18.7 Å². The van der Waals surface area contributed by atoms with Crippen molar-refractivity contribution < 1.29 is 4.74 Å². The molecule has 0 spiro atoms. The lowest BCUT2D eigenvalue weighted by Gasteiger charge is -2.12. The van der Waals surface area contributed by atoms with E-state index in [1.54, 1.807) is 0 Å². The van der Waals surface area contributed by atoms with Gasteiger partial charge in [-0.2, -0.15) is 11.8 Å². The Kier molecular flexibility index (Phi) is 5.83. The molecule has 0 radical (unpaired) electrons. The predicted molar refractivity (Wildman–Crippen MR) is 59.2 cm³/mol. The van der Waals surface area contributed by atoms with E-state index in [0.29, 0.717) is 6.10 Å². The van der Waals surface area contributed by atoms with Gasteiger partial charge in [0.15, 0.2) is 0 Å². The normalized spacial score (nSPS) is 28.2. The Morgan fingerprint density at radius 3 is 2.85 bits per heavy atom. The Morgan fingerprint density at radius 1 is 1.38 bits per heavy atom. The van der Waals surface area contributed by atoms with Crippen molar-refractivity contribution in [3.05, 3.63) is 0 Å². The maximum Gasteiger partial charge on any atom is 0.0666 e. The van der Waals surface area contributed by atoms with Crippen LogP contribution in [0, 0.1) is 0 Å². The molecule has 0 aromatic heterocycles. The second-order valence-electron chi connectivity index (χ2n) is 3.62. The van der Waals surface area contributed by atoms with Gasteiger partial charge in [-0.05, 0) is 38.5 Å². The second-order valence-corrected chi connectivity index (χ2v) is 4.97. The molecule has 1 rings (SSSR count). The zero-order valence-electron chi connectivity index (χ0n) is 8.50. The molecule has 2 unspecified atom stereocenters. The second kappa shape index (κ2) is 6.68. The van der Waals surface area contributed by atoms with Crippen LogP contribution in [-0.4, -0.2) is 30.3 Å². The number of hydrogen-bond donors (Lipinski definition) is 1. The molecular weight excluding hydrogens is 182 g/mol. The zero-order valence-corrected chi connectivity index (χ0v) is 9.31. The van der Waals surface area contributed by atoms with Crippen LogP contribution in [0.25, 0.3) is 0 Å². The van der Waals surface area contributed by atoms with Crippen LogP contribution in [0.3, 0.4) is 0 Å². The summed E-state index contributed by atoms with van der Waals surface area (Å²) in [6.45, 7) is 3.99. The van der Waals surface area contributed by atoms with Gasteiger partial charge >= 0.3 is 0 Å². The van der Waals surface area contributed by atoms with Gasteiger partial charge in [-0.15, -0.1) is 0 Å². The fourth-order valence-electron chi connectivity index (χ4n) is 1.59. The summed E-state index contributed by atoms with van der Waals surface area (Å²) in [6.07, 6.45) is 5.48. The number of unbranched alkanes of at least 4 members (excludes halogenated alkanes) is 2. The highest BCUT2D eigenvalue weighted by Gasteiger charge is 2.23. The standard InChI is InChI=1S/C10H21NOS/c1-9-10(5-7-12-9)13-8-4-2-3-6-11/h9-10H,2-8,11H2,1H3. The van der Waals surface area contributed by atoms with Crippen LogP contribution in [0.4, 0.5) is 0 Å². The molecule has 0 aromatic rings. The molecule has 0 bridgehead atoms. The highest BCUT2D eigenvalue weighted by atomic mass is 32.2. The number of hydrogen-bond acceptors (Lipinski definition) is 3. The molecule has 1 heterocycles. The van der Waals surface area contributed by atoms with E-state index in [1.165, 1.54) is 31.4 Å². The van der Waals surface area contributed by atoms with Crippen LogP contribution < -0.4 is 5.73 Å². The smallest absolute Gasteiger partial charge is 0.0666 e. The molecule has 1 aliphatic rings. The van der Waals surface area contributed by atoms with E-state index in [-0.39, 0.29) is 0 Å². The van der Waals surface area contributed by atoms with Crippen LogP contribution in [0.2, 0.25) is 0 Å². The van der Waals surface area contributed by atoms with E-state index in [0.717, 1.165) is 18.4 Å². The van der Waals surface area contributed by atoms with Crippen molar-refractivity contribution in [1.82, 2.24) is 0 Å². The van der Waals surface area contributed by atoms with Crippen LogP contribution in [0.15, 0.2) is 0 Å². The van der Waals surface area contributed by atoms with Crippen molar-refractivity contribution in [3.63, 3.8) is 0 Å². The first kappa shape index (κ1) is 11.3. The quantitative estimate of drug-likeness (QED) is 0.671. The molecule has 78 valence electrons. The first-order chi connectivity index (χ1) is 6.34. The van der Waals surface area contributed by atoms with Gasteiger partial charge in [-0.3, -0.25) is 0 Å². The highest BCUT2D eigenvalue weighted by molar-refractivity contribution is 7.99. The third-order valence-electron chi connectivity index (χ3n) is 2.49. The molecule has 0 amide bonds. The van der Waals surface area contributed by atoms with E-state index < -0.39 is 0 Å².